The van der Waals surface area contributed by atoms with Crippen LogP contribution >= 0.6 is 11.8 Å². The summed E-state index contributed by atoms with van der Waals surface area (Å²) in [7, 11) is 1.60. The quantitative estimate of drug-likeness (QED) is 0.638. The third kappa shape index (κ3) is 3.40. The number of ketones is 2. The minimum atomic E-state index is 0.0161. The second-order valence-corrected chi connectivity index (χ2v) is 8.38. The van der Waals surface area contributed by atoms with Gasteiger partial charge in [0.25, 0.3) is 0 Å². The first-order chi connectivity index (χ1) is 13.9. The number of fused-ring (bicyclic) bond motifs is 1. The Morgan fingerprint density at radius 3 is 2.45 bits per heavy atom. The van der Waals surface area contributed by atoms with Gasteiger partial charge >= 0.3 is 0 Å². The van der Waals surface area contributed by atoms with Crippen LogP contribution in [0, 0.1) is 6.92 Å². The number of ether oxygens (including phenoxy) is 1. The number of rotatable bonds is 3. The van der Waals surface area contributed by atoms with E-state index in [2.05, 4.69) is 4.90 Å². The molecule has 1 heterocycles. The Morgan fingerprint density at radius 2 is 1.79 bits per heavy atom. The SMILES string of the molecule is COc1ccc2c(c1)C(=O)C(=C1SC(C(C)=O)=C(C)N1c1ccc(C)cc1)CC2. The van der Waals surface area contributed by atoms with Gasteiger partial charge in [0, 0.05) is 22.5 Å². The highest BCUT2D eigenvalue weighted by Crippen LogP contribution is 2.47. The maximum Gasteiger partial charge on any atom is 0.192 e. The summed E-state index contributed by atoms with van der Waals surface area (Å²) in [6, 6.07) is 13.8. The Labute approximate surface area is 175 Å². The molecule has 0 saturated carbocycles. The number of benzene rings is 2. The topological polar surface area (TPSA) is 46.6 Å². The maximum atomic E-state index is 13.4. The number of methoxy groups -OCH3 is 1. The number of Topliss-reactive ketones (excluding diaryl/α,β-unsaturated/α-hetero) is 2. The van der Waals surface area contributed by atoms with Crippen molar-refractivity contribution in [1.82, 2.24) is 0 Å². The summed E-state index contributed by atoms with van der Waals surface area (Å²) >= 11 is 1.41. The van der Waals surface area contributed by atoms with Crippen LogP contribution in [0.25, 0.3) is 0 Å². The summed E-state index contributed by atoms with van der Waals surface area (Å²) in [5, 5.41) is 0.843. The number of hydrogen-bond donors (Lipinski definition) is 0. The highest BCUT2D eigenvalue weighted by Gasteiger charge is 2.35. The smallest absolute Gasteiger partial charge is 0.192 e. The number of aryl methyl sites for hydroxylation is 2. The van der Waals surface area contributed by atoms with Gasteiger partial charge in [0.2, 0.25) is 0 Å². The summed E-state index contributed by atoms with van der Waals surface area (Å²) in [6.07, 6.45) is 1.45. The third-order valence-electron chi connectivity index (χ3n) is 5.42. The zero-order valence-electron chi connectivity index (χ0n) is 17.0. The Hall–Kier alpha value is -2.79. The van der Waals surface area contributed by atoms with Crippen molar-refractivity contribution in [3.63, 3.8) is 0 Å². The fourth-order valence-corrected chi connectivity index (χ4v) is 5.08. The summed E-state index contributed by atoms with van der Waals surface area (Å²) in [4.78, 5) is 28.4. The van der Waals surface area contributed by atoms with E-state index in [4.69, 9.17) is 4.74 Å². The first kappa shape index (κ1) is 19.5. The van der Waals surface area contributed by atoms with Gasteiger partial charge in [-0.05, 0) is 63.4 Å². The Morgan fingerprint density at radius 1 is 1.07 bits per heavy atom. The highest BCUT2D eigenvalue weighted by molar-refractivity contribution is 8.08. The number of allylic oxidation sites excluding steroid dienone is 3. The van der Waals surface area contributed by atoms with Gasteiger partial charge in [0.05, 0.1) is 17.0 Å². The second-order valence-electron chi connectivity index (χ2n) is 7.38. The van der Waals surface area contributed by atoms with E-state index in [1.54, 1.807) is 14.0 Å². The molecule has 4 nitrogen and oxygen atoms in total. The molecule has 0 radical (unpaired) electrons. The molecule has 1 aliphatic heterocycles. The van der Waals surface area contributed by atoms with Crippen molar-refractivity contribution < 1.29 is 14.3 Å². The van der Waals surface area contributed by atoms with E-state index in [9.17, 15) is 9.59 Å². The highest BCUT2D eigenvalue weighted by atomic mass is 32.2. The zero-order valence-corrected chi connectivity index (χ0v) is 17.9. The maximum absolute atomic E-state index is 13.4. The van der Waals surface area contributed by atoms with Crippen LogP contribution in [0.4, 0.5) is 5.69 Å². The van der Waals surface area contributed by atoms with Gasteiger partial charge in [0.1, 0.15) is 5.75 Å². The first-order valence-corrected chi connectivity index (χ1v) is 10.4. The van der Waals surface area contributed by atoms with Crippen LogP contribution in [-0.2, 0) is 11.2 Å². The molecule has 0 saturated heterocycles. The molecule has 5 heteroatoms. The average Bonchev–Trinajstić information content (AvgIpc) is 3.06. The molecule has 0 bridgehead atoms. The normalized spacial score (nSPS) is 18.9. The minimum absolute atomic E-state index is 0.0161. The molecule has 0 amide bonds. The van der Waals surface area contributed by atoms with Gasteiger partial charge in [0.15, 0.2) is 11.6 Å². The number of thioether (sulfide) groups is 1. The molecule has 0 aromatic heterocycles. The van der Waals surface area contributed by atoms with Crippen LogP contribution in [0.5, 0.6) is 5.75 Å². The molecule has 0 spiro atoms. The van der Waals surface area contributed by atoms with E-state index in [0.717, 1.165) is 39.5 Å². The van der Waals surface area contributed by atoms with Crippen LogP contribution in [0.3, 0.4) is 0 Å². The Balaban J connectivity index is 1.85. The van der Waals surface area contributed by atoms with Crippen LogP contribution in [0.2, 0.25) is 0 Å². The molecule has 29 heavy (non-hydrogen) atoms. The molecule has 2 aromatic carbocycles. The monoisotopic (exact) mass is 405 g/mol. The summed E-state index contributed by atoms with van der Waals surface area (Å²) in [6.45, 7) is 5.57. The van der Waals surface area contributed by atoms with Crippen LogP contribution in [-0.4, -0.2) is 18.7 Å². The van der Waals surface area contributed by atoms with E-state index in [-0.39, 0.29) is 11.6 Å². The van der Waals surface area contributed by atoms with Crippen LogP contribution < -0.4 is 9.64 Å². The van der Waals surface area contributed by atoms with Crippen molar-refractivity contribution in [1.29, 1.82) is 0 Å². The number of hydrogen-bond acceptors (Lipinski definition) is 5. The Kier molecular flexibility index (Phi) is 5.09. The second kappa shape index (κ2) is 7.56. The molecule has 1 aliphatic carbocycles. The zero-order chi connectivity index (χ0) is 20.7. The molecule has 0 unspecified atom stereocenters. The van der Waals surface area contributed by atoms with E-state index < -0.39 is 0 Å². The summed E-state index contributed by atoms with van der Waals surface area (Å²) in [5.41, 5.74) is 5.49. The van der Waals surface area contributed by atoms with Gasteiger partial charge in [-0.2, -0.15) is 0 Å². The lowest BCUT2D eigenvalue weighted by Crippen LogP contribution is -2.22. The lowest BCUT2D eigenvalue weighted by molar-refractivity contribution is -0.113. The standard InChI is InChI=1S/C24H23NO3S/c1-14-5-9-18(10-6-14)25-15(2)23(16(3)26)29-24(25)20-12-8-17-7-11-19(28-4)13-21(17)22(20)27/h5-7,9-11,13H,8,12H2,1-4H3. The van der Waals surface area contributed by atoms with E-state index in [1.165, 1.54) is 11.8 Å². The van der Waals surface area contributed by atoms with Gasteiger partial charge in [-0.1, -0.05) is 35.5 Å². The van der Waals surface area contributed by atoms with E-state index >= 15 is 0 Å². The lowest BCUT2D eigenvalue weighted by atomic mass is 9.87. The molecular formula is C24H23NO3S. The molecule has 0 N–H and O–H groups in total. The van der Waals surface area contributed by atoms with Crippen molar-refractivity contribution in [2.75, 3.05) is 12.0 Å². The molecular weight excluding hydrogens is 382 g/mol. The first-order valence-electron chi connectivity index (χ1n) is 9.62. The average molecular weight is 406 g/mol. The summed E-state index contributed by atoms with van der Waals surface area (Å²) < 4.78 is 5.32. The van der Waals surface area contributed by atoms with Crippen molar-refractivity contribution >= 4 is 29.0 Å². The molecule has 0 atom stereocenters. The van der Waals surface area contributed by atoms with Crippen molar-refractivity contribution in [3.05, 3.63) is 80.4 Å². The van der Waals surface area contributed by atoms with Gasteiger partial charge < -0.3 is 9.64 Å². The Bertz CT molecular complexity index is 1080. The van der Waals surface area contributed by atoms with Crippen molar-refractivity contribution in [3.8, 4) is 5.75 Å². The molecule has 2 aliphatic rings. The number of anilines is 1. The van der Waals surface area contributed by atoms with E-state index in [1.807, 2.05) is 56.3 Å². The summed E-state index contributed by atoms with van der Waals surface area (Å²) in [5.74, 6) is 0.712. The number of carbonyl (C=O) groups is 2. The van der Waals surface area contributed by atoms with Gasteiger partial charge in [-0.25, -0.2) is 0 Å². The van der Waals surface area contributed by atoms with E-state index in [0.29, 0.717) is 22.6 Å². The third-order valence-corrected chi connectivity index (χ3v) is 6.83. The minimum Gasteiger partial charge on any atom is -0.497 e. The predicted molar refractivity (Wildman–Crippen MR) is 117 cm³/mol. The molecule has 2 aromatic rings. The predicted octanol–water partition coefficient (Wildman–Crippen LogP) is 5.42. The van der Waals surface area contributed by atoms with Gasteiger partial charge in [-0.3, -0.25) is 9.59 Å². The fourth-order valence-electron chi connectivity index (χ4n) is 3.85. The largest absolute Gasteiger partial charge is 0.497 e. The molecule has 4 rings (SSSR count). The van der Waals surface area contributed by atoms with Crippen LogP contribution in [0.1, 0.15) is 41.8 Å². The lowest BCUT2D eigenvalue weighted by Gasteiger charge is -2.26. The fraction of sp³-hybridized carbons (Fsp3) is 0.250. The van der Waals surface area contributed by atoms with Gasteiger partial charge in [-0.15, -0.1) is 0 Å². The molecule has 148 valence electrons. The van der Waals surface area contributed by atoms with Crippen LogP contribution in [0.15, 0.2) is 63.7 Å². The molecule has 0 fully saturated rings. The number of nitrogens with zero attached hydrogens (tertiary/aromatic N) is 1. The van der Waals surface area contributed by atoms with Crippen molar-refractivity contribution in [2.45, 2.75) is 33.6 Å². The van der Waals surface area contributed by atoms with Crippen molar-refractivity contribution in [2.24, 2.45) is 0 Å². The number of carbonyl (C=O) groups excluding carboxylic acids is 2.